The molecule has 1 amide bonds. The van der Waals surface area contributed by atoms with Gasteiger partial charge in [-0.05, 0) is 42.3 Å². The minimum atomic E-state index is -0.648. The molecule has 2 rings (SSSR count). The van der Waals surface area contributed by atoms with Crippen molar-refractivity contribution < 1.29 is 23.5 Å². The summed E-state index contributed by atoms with van der Waals surface area (Å²) in [6.07, 6.45) is 3.31. The number of esters is 1. The van der Waals surface area contributed by atoms with Gasteiger partial charge in [-0.15, -0.1) is 11.3 Å². The molecule has 1 aromatic carbocycles. The summed E-state index contributed by atoms with van der Waals surface area (Å²) in [5.41, 5.74) is 0.650. The quantitative estimate of drug-likeness (QED) is 0.437. The van der Waals surface area contributed by atoms with Crippen LogP contribution in [0.4, 0.5) is 4.39 Å². The van der Waals surface area contributed by atoms with Crippen LogP contribution in [0, 0.1) is 5.82 Å². The third-order valence-corrected chi connectivity index (χ3v) is 4.50. The van der Waals surface area contributed by atoms with Crippen LogP contribution >= 0.6 is 11.3 Å². The van der Waals surface area contributed by atoms with Gasteiger partial charge >= 0.3 is 5.97 Å². The summed E-state index contributed by atoms with van der Waals surface area (Å²) in [6.45, 7) is 1.60. The Morgan fingerprint density at radius 2 is 1.88 bits per heavy atom. The summed E-state index contributed by atoms with van der Waals surface area (Å²) in [4.78, 5) is 36.0. The Morgan fingerprint density at radius 1 is 1.15 bits per heavy atom. The van der Waals surface area contributed by atoms with Crippen LogP contribution in [0.5, 0.6) is 0 Å². The topological polar surface area (TPSA) is 72.5 Å². The van der Waals surface area contributed by atoms with Crippen molar-refractivity contribution in [1.82, 2.24) is 5.32 Å². The maximum absolute atomic E-state index is 12.8. The number of Topliss-reactive ketones (excluding diaryl/α,β-unsaturated/α-hetero) is 1. The van der Waals surface area contributed by atoms with E-state index in [1.807, 2.05) is 6.07 Å². The third kappa shape index (κ3) is 6.60. The average molecular weight is 375 g/mol. The molecule has 5 nitrogen and oxygen atoms in total. The molecule has 0 saturated heterocycles. The first kappa shape index (κ1) is 19.5. The van der Waals surface area contributed by atoms with Gasteiger partial charge in [0.05, 0.1) is 4.88 Å². The molecule has 0 fully saturated rings. The van der Waals surface area contributed by atoms with E-state index in [0.29, 0.717) is 23.4 Å². The van der Waals surface area contributed by atoms with Crippen molar-refractivity contribution in [3.8, 4) is 0 Å². The number of benzene rings is 1. The van der Waals surface area contributed by atoms with Gasteiger partial charge in [0.15, 0.2) is 6.61 Å². The second kappa shape index (κ2) is 9.62. The van der Waals surface area contributed by atoms with E-state index in [1.165, 1.54) is 54.7 Å². The van der Waals surface area contributed by atoms with Crippen LogP contribution < -0.4 is 5.32 Å². The van der Waals surface area contributed by atoms with Gasteiger partial charge in [-0.1, -0.05) is 12.1 Å². The van der Waals surface area contributed by atoms with Crippen LogP contribution in [0.3, 0.4) is 0 Å². The van der Waals surface area contributed by atoms with Gasteiger partial charge in [0.2, 0.25) is 11.7 Å². The Morgan fingerprint density at radius 3 is 2.58 bits per heavy atom. The number of nitrogens with one attached hydrogen (secondary N) is 1. The number of carbonyl (C=O) groups is 3. The number of halogens is 1. The summed E-state index contributed by atoms with van der Waals surface area (Å²) in [5, 5.41) is 2.69. The average Bonchev–Trinajstić information content (AvgIpc) is 3.08. The zero-order valence-electron chi connectivity index (χ0n) is 14.2. The molecular weight excluding hydrogens is 357 g/mol. The molecule has 0 spiro atoms. The molecule has 0 saturated carbocycles. The molecule has 7 heteroatoms. The van der Waals surface area contributed by atoms with Crippen molar-refractivity contribution in [3.63, 3.8) is 0 Å². The van der Waals surface area contributed by atoms with Crippen LogP contribution in [-0.4, -0.2) is 30.8 Å². The highest BCUT2D eigenvalue weighted by Gasteiger charge is 2.11. The molecule has 26 heavy (non-hydrogen) atoms. The van der Waals surface area contributed by atoms with E-state index in [0.717, 1.165) is 4.88 Å². The predicted octanol–water partition coefficient (Wildman–Crippen LogP) is 3.01. The fourth-order valence-electron chi connectivity index (χ4n) is 2.02. The largest absolute Gasteiger partial charge is 0.454 e. The molecule has 0 bridgehead atoms. The lowest BCUT2D eigenvalue weighted by Crippen LogP contribution is -2.22. The van der Waals surface area contributed by atoms with E-state index < -0.39 is 5.97 Å². The van der Waals surface area contributed by atoms with E-state index in [1.54, 1.807) is 6.07 Å². The highest BCUT2D eigenvalue weighted by molar-refractivity contribution is 7.14. The van der Waals surface area contributed by atoms with Crippen LogP contribution in [0.15, 0.2) is 42.5 Å². The standard InChI is InChI=1S/C19H18FNO4S/c1-13(22)21-11-10-16-7-8-18(26-16)17(23)12-25-19(24)9-4-14-2-5-15(20)6-3-14/h2-9H,10-12H2,1H3,(H,21,22)/b9-4+. The Bertz CT molecular complexity index is 811. The van der Waals surface area contributed by atoms with Crippen molar-refractivity contribution in [1.29, 1.82) is 0 Å². The first-order chi connectivity index (χ1) is 12.4. The minimum Gasteiger partial charge on any atom is -0.454 e. The van der Waals surface area contributed by atoms with E-state index >= 15 is 0 Å². The molecule has 0 atom stereocenters. The van der Waals surface area contributed by atoms with Gasteiger partial charge in [0.25, 0.3) is 0 Å². The van der Waals surface area contributed by atoms with E-state index in [9.17, 15) is 18.8 Å². The number of hydrogen-bond donors (Lipinski definition) is 1. The number of ketones is 1. The van der Waals surface area contributed by atoms with Gasteiger partial charge < -0.3 is 10.1 Å². The van der Waals surface area contributed by atoms with Crippen molar-refractivity contribution in [3.05, 3.63) is 63.6 Å². The summed E-state index contributed by atoms with van der Waals surface area (Å²) >= 11 is 1.31. The molecule has 0 unspecified atom stereocenters. The lowest BCUT2D eigenvalue weighted by Gasteiger charge is -2.00. The number of ether oxygens (including phenoxy) is 1. The van der Waals surface area contributed by atoms with Gasteiger partial charge in [-0.25, -0.2) is 9.18 Å². The predicted molar refractivity (Wildman–Crippen MR) is 97.4 cm³/mol. The fraction of sp³-hybridized carbons (Fsp3) is 0.211. The number of amides is 1. The van der Waals surface area contributed by atoms with Gasteiger partial charge in [-0.3, -0.25) is 9.59 Å². The van der Waals surface area contributed by atoms with E-state index in [4.69, 9.17) is 4.74 Å². The van der Waals surface area contributed by atoms with E-state index in [-0.39, 0.29) is 24.1 Å². The normalized spacial score (nSPS) is 10.7. The van der Waals surface area contributed by atoms with Crippen LogP contribution in [0.1, 0.15) is 27.0 Å². The van der Waals surface area contributed by atoms with Gasteiger partial charge in [0, 0.05) is 24.4 Å². The second-order valence-corrected chi connectivity index (χ2v) is 6.58. The van der Waals surface area contributed by atoms with Gasteiger partial charge in [0.1, 0.15) is 5.82 Å². The maximum Gasteiger partial charge on any atom is 0.331 e. The number of thiophene rings is 1. The molecule has 0 radical (unpaired) electrons. The molecule has 1 aromatic heterocycles. The minimum absolute atomic E-state index is 0.0986. The number of carbonyl (C=O) groups excluding carboxylic acids is 3. The van der Waals surface area contributed by atoms with Crippen molar-refractivity contribution in [2.24, 2.45) is 0 Å². The Kier molecular flexibility index (Phi) is 7.23. The Labute approximate surface area is 154 Å². The zero-order chi connectivity index (χ0) is 18.9. The molecule has 0 aliphatic heterocycles. The number of rotatable bonds is 8. The van der Waals surface area contributed by atoms with E-state index in [2.05, 4.69) is 5.32 Å². The Hall–Kier alpha value is -2.80. The lowest BCUT2D eigenvalue weighted by atomic mass is 10.2. The second-order valence-electron chi connectivity index (χ2n) is 5.41. The van der Waals surface area contributed by atoms with Crippen molar-refractivity contribution in [2.45, 2.75) is 13.3 Å². The fourth-order valence-corrected chi connectivity index (χ4v) is 2.95. The summed E-state index contributed by atoms with van der Waals surface area (Å²) < 4.78 is 17.7. The molecule has 136 valence electrons. The van der Waals surface area contributed by atoms with Crippen molar-refractivity contribution in [2.75, 3.05) is 13.2 Å². The molecular formula is C19H18FNO4S. The molecule has 1 N–H and O–H groups in total. The highest BCUT2D eigenvalue weighted by atomic mass is 32.1. The first-order valence-corrected chi connectivity index (χ1v) is 8.72. The molecule has 0 aliphatic rings. The van der Waals surface area contributed by atoms with Crippen LogP contribution in [0.2, 0.25) is 0 Å². The van der Waals surface area contributed by atoms with Gasteiger partial charge in [-0.2, -0.15) is 0 Å². The zero-order valence-corrected chi connectivity index (χ0v) is 15.0. The monoisotopic (exact) mass is 375 g/mol. The SMILES string of the molecule is CC(=O)NCCc1ccc(C(=O)COC(=O)/C=C/c2ccc(F)cc2)s1. The van der Waals surface area contributed by atoms with Crippen LogP contribution in [-0.2, 0) is 20.7 Å². The maximum atomic E-state index is 12.8. The molecule has 2 aromatic rings. The smallest absolute Gasteiger partial charge is 0.331 e. The third-order valence-electron chi connectivity index (χ3n) is 3.31. The molecule has 0 aliphatic carbocycles. The summed E-state index contributed by atoms with van der Waals surface area (Å²) in [7, 11) is 0. The number of hydrogen-bond acceptors (Lipinski definition) is 5. The lowest BCUT2D eigenvalue weighted by molar-refractivity contribution is -0.136. The highest BCUT2D eigenvalue weighted by Crippen LogP contribution is 2.17. The first-order valence-electron chi connectivity index (χ1n) is 7.91. The van der Waals surface area contributed by atoms with Crippen LogP contribution in [0.25, 0.3) is 6.08 Å². The summed E-state index contributed by atoms with van der Waals surface area (Å²) in [6, 6.07) is 9.12. The van der Waals surface area contributed by atoms with Crippen molar-refractivity contribution >= 4 is 35.1 Å². The molecule has 1 heterocycles. The summed E-state index contributed by atoms with van der Waals surface area (Å²) in [5.74, 6) is -1.39. The Balaban J connectivity index is 1.78.